The molecule has 21 heavy (non-hydrogen) atoms. The maximum Gasteiger partial charge on any atom is 0.136 e. The third-order valence-corrected chi connectivity index (χ3v) is 5.16. The monoisotopic (exact) mass is 302 g/mol. The van der Waals surface area contributed by atoms with Gasteiger partial charge in [-0.25, -0.2) is 4.98 Å². The third kappa shape index (κ3) is 2.62. The second-order valence-electron chi connectivity index (χ2n) is 6.50. The molecule has 1 aromatic heterocycles. The minimum atomic E-state index is 0.510. The molecule has 2 heterocycles. The minimum absolute atomic E-state index is 0.510. The summed E-state index contributed by atoms with van der Waals surface area (Å²) >= 11 is 6.07. The Bertz CT molecular complexity index is 640. The van der Waals surface area contributed by atoms with E-state index in [0.29, 0.717) is 23.8 Å². The van der Waals surface area contributed by atoms with Crippen LogP contribution in [0.1, 0.15) is 32.8 Å². The molecule has 1 aliphatic heterocycles. The molecule has 3 rings (SSSR count). The molecule has 2 nitrogen and oxygen atoms in total. The largest absolute Gasteiger partial charge is 0.353 e. The van der Waals surface area contributed by atoms with E-state index in [9.17, 15) is 0 Å². The average molecular weight is 303 g/mol. The summed E-state index contributed by atoms with van der Waals surface area (Å²) in [7, 11) is 0. The van der Waals surface area contributed by atoms with Gasteiger partial charge in [-0.15, -0.1) is 11.6 Å². The topological polar surface area (TPSA) is 16.1 Å². The van der Waals surface area contributed by atoms with E-state index >= 15 is 0 Å². The minimum Gasteiger partial charge on any atom is -0.353 e. The lowest BCUT2D eigenvalue weighted by Gasteiger charge is -2.42. The number of piperidine rings is 1. The van der Waals surface area contributed by atoms with E-state index in [2.05, 4.69) is 49.9 Å². The first-order valence-corrected chi connectivity index (χ1v) is 8.34. The summed E-state index contributed by atoms with van der Waals surface area (Å²) in [6.07, 6.45) is 3.25. The Balaban J connectivity index is 2.12. The van der Waals surface area contributed by atoms with Crippen LogP contribution < -0.4 is 4.90 Å². The van der Waals surface area contributed by atoms with Crippen LogP contribution in [0.2, 0.25) is 0 Å². The molecule has 2 aromatic rings. The number of pyridine rings is 1. The lowest BCUT2D eigenvalue weighted by atomic mass is 9.85. The Hall–Kier alpha value is -1.28. The van der Waals surface area contributed by atoms with Crippen LogP contribution in [0.25, 0.3) is 10.8 Å². The number of hydrogen-bond donors (Lipinski definition) is 0. The number of aromatic nitrogens is 1. The van der Waals surface area contributed by atoms with Crippen molar-refractivity contribution < 1.29 is 0 Å². The van der Waals surface area contributed by atoms with Gasteiger partial charge in [0.1, 0.15) is 5.82 Å². The zero-order chi connectivity index (χ0) is 15.0. The number of hydrogen-bond acceptors (Lipinski definition) is 2. The van der Waals surface area contributed by atoms with Crippen molar-refractivity contribution in [3.05, 3.63) is 36.0 Å². The number of benzene rings is 1. The van der Waals surface area contributed by atoms with Gasteiger partial charge < -0.3 is 4.90 Å². The Morgan fingerprint density at radius 3 is 2.62 bits per heavy atom. The van der Waals surface area contributed by atoms with Crippen molar-refractivity contribution in [3.63, 3.8) is 0 Å². The van der Waals surface area contributed by atoms with E-state index in [4.69, 9.17) is 16.6 Å². The fourth-order valence-electron chi connectivity index (χ4n) is 3.57. The Morgan fingerprint density at radius 1 is 1.19 bits per heavy atom. The summed E-state index contributed by atoms with van der Waals surface area (Å²) in [6.45, 7) is 8.10. The lowest BCUT2D eigenvalue weighted by Crippen LogP contribution is -2.46. The average Bonchev–Trinajstić information content (AvgIpc) is 2.50. The lowest BCUT2D eigenvalue weighted by molar-refractivity contribution is 0.296. The Morgan fingerprint density at radius 2 is 1.90 bits per heavy atom. The van der Waals surface area contributed by atoms with Crippen LogP contribution >= 0.6 is 11.6 Å². The highest BCUT2D eigenvalue weighted by Crippen LogP contribution is 2.35. The van der Waals surface area contributed by atoms with E-state index in [-0.39, 0.29) is 0 Å². The van der Waals surface area contributed by atoms with Crippen molar-refractivity contribution in [2.24, 2.45) is 11.8 Å². The van der Waals surface area contributed by atoms with Crippen LogP contribution in [0.5, 0.6) is 0 Å². The van der Waals surface area contributed by atoms with Gasteiger partial charge in [0.25, 0.3) is 0 Å². The molecular formula is C18H23ClN2. The van der Waals surface area contributed by atoms with Crippen molar-refractivity contribution in [2.75, 3.05) is 11.4 Å². The predicted octanol–water partition coefficient (Wildman–Crippen LogP) is 4.84. The van der Waals surface area contributed by atoms with Crippen molar-refractivity contribution in [2.45, 2.75) is 39.1 Å². The number of rotatable bonds is 2. The number of alkyl halides is 1. The SMILES string of the molecule is CC1CC(C)C(C)N(c2ncc(CCl)c3ccccc23)C1. The molecule has 3 heteroatoms. The predicted molar refractivity (Wildman–Crippen MR) is 91.1 cm³/mol. The van der Waals surface area contributed by atoms with Crippen molar-refractivity contribution in [1.29, 1.82) is 0 Å². The number of nitrogens with zero attached hydrogens (tertiary/aromatic N) is 2. The summed E-state index contributed by atoms with van der Waals surface area (Å²) in [5.74, 6) is 3.03. The number of anilines is 1. The van der Waals surface area contributed by atoms with Crippen molar-refractivity contribution >= 4 is 28.2 Å². The maximum atomic E-state index is 6.07. The first-order chi connectivity index (χ1) is 10.1. The molecule has 0 spiro atoms. The molecule has 3 unspecified atom stereocenters. The van der Waals surface area contributed by atoms with Gasteiger partial charge in [0.05, 0.1) is 0 Å². The van der Waals surface area contributed by atoms with Gasteiger partial charge in [-0.1, -0.05) is 38.1 Å². The van der Waals surface area contributed by atoms with Crippen LogP contribution in [0.4, 0.5) is 5.82 Å². The van der Waals surface area contributed by atoms with E-state index in [1.807, 2.05) is 6.20 Å². The highest BCUT2D eigenvalue weighted by Gasteiger charge is 2.30. The van der Waals surface area contributed by atoms with Gasteiger partial charge in [0.15, 0.2) is 0 Å². The standard InChI is InChI=1S/C18H23ClN2/c1-12-8-13(2)14(3)21(11-12)18-17-7-5-4-6-16(17)15(9-19)10-20-18/h4-7,10,12-14H,8-9,11H2,1-3H3. The zero-order valence-electron chi connectivity index (χ0n) is 13.0. The third-order valence-electron chi connectivity index (χ3n) is 4.87. The number of fused-ring (bicyclic) bond motifs is 1. The fraction of sp³-hybridized carbons (Fsp3) is 0.500. The summed E-state index contributed by atoms with van der Waals surface area (Å²) in [5.41, 5.74) is 1.11. The normalized spacial score (nSPS) is 26.3. The van der Waals surface area contributed by atoms with Crippen molar-refractivity contribution in [3.8, 4) is 0 Å². The van der Waals surface area contributed by atoms with E-state index in [1.54, 1.807) is 0 Å². The Kier molecular flexibility index (Phi) is 4.08. The highest BCUT2D eigenvalue weighted by molar-refractivity contribution is 6.18. The zero-order valence-corrected chi connectivity index (χ0v) is 13.8. The molecule has 0 N–H and O–H groups in total. The molecule has 3 atom stereocenters. The van der Waals surface area contributed by atoms with Gasteiger partial charge in [-0.3, -0.25) is 0 Å². The molecule has 1 saturated heterocycles. The van der Waals surface area contributed by atoms with Crippen LogP contribution in [0.15, 0.2) is 30.5 Å². The Labute approximate surface area is 132 Å². The second kappa shape index (κ2) is 5.84. The fourth-order valence-corrected chi connectivity index (χ4v) is 3.78. The van der Waals surface area contributed by atoms with E-state index in [1.165, 1.54) is 17.2 Å². The maximum absolute atomic E-state index is 6.07. The van der Waals surface area contributed by atoms with E-state index < -0.39 is 0 Å². The molecular weight excluding hydrogens is 280 g/mol. The van der Waals surface area contributed by atoms with Gasteiger partial charge in [0, 0.05) is 30.0 Å². The molecule has 0 radical (unpaired) electrons. The molecule has 1 aromatic carbocycles. The smallest absolute Gasteiger partial charge is 0.136 e. The van der Waals surface area contributed by atoms with Gasteiger partial charge >= 0.3 is 0 Å². The van der Waals surface area contributed by atoms with E-state index in [0.717, 1.165) is 17.9 Å². The molecule has 0 bridgehead atoms. The van der Waals surface area contributed by atoms with Crippen LogP contribution in [-0.2, 0) is 5.88 Å². The quantitative estimate of drug-likeness (QED) is 0.738. The van der Waals surface area contributed by atoms with Gasteiger partial charge in [0.2, 0.25) is 0 Å². The summed E-state index contributed by atoms with van der Waals surface area (Å²) in [6, 6.07) is 9.02. The molecule has 1 fully saturated rings. The highest BCUT2D eigenvalue weighted by atomic mass is 35.5. The van der Waals surface area contributed by atoms with Crippen molar-refractivity contribution in [1.82, 2.24) is 4.98 Å². The molecule has 0 amide bonds. The summed E-state index contributed by atoms with van der Waals surface area (Å²) in [4.78, 5) is 7.25. The first kappa shape index (κ1) is 14.6. The molecule has 112 valence electrons. The first-order valence-electron chi connectivity index (χ1n) is 7.81. The summed E-state index contributed by atoms with van der Waals surface area (Å²) < 4.78 is 0. The van der Waals surface area contributed by atoms with Crippen LogP contribution in [-0.4, -0.2) is 17.6 Å². The van der Waals surface area contributed by atoms with Crippen LogP contribution in [0, 0.1) is 11.8 Å². The van der Waals surface area contributed by atoms with Gasteiger partial charge in [-0.05, 0) is 36.1 Å². The second-order valence-corrected chi connectivity index (χ2v) is 6.76. The van der Waals surface area contributed by atoms with Crippen LogP contribution in [0.3, 0.4) is 0 Å². The number of halogens is 1. The molecule has 0 aliphatic carbocycles. The molecule has 1 aliphatic rings. The van der Waals surface area contributed by atoms with Gasteiger partial charge in [-0.2, -0.15) is 0 Å². The summed E-state index contributed by atoms with van der Waals surface area (Å²) in [5, 5.41) is 2.46. The molecule has 0 saturated carbocycles.